The van der Waals surface area contributed by atoms with E-state index in [0.717, 1.165) is 50.2 Å². The molecule has 224 valence electrons. The Hall–Kier alpha value is -5.56. The van der Waals surface area contributed by atoms with E-state index in [9.17, 15) is 14.0 Å². The van der Waals surface area contributed by atoms with Crippen molar-refractivity contribution in [3.63, 3.8) is 0 Å². The van der Waals surface area contributed by atoms with Crippen LogP contribution in [0.4, 0.5) is 15.9 Å². The highest BCUT2D eigenvalue weighted by atomic mass is 19.1. The van der Waals surface area contributed by atoms with Crippen LogP contribution in [0.3, 0.4) is 0 Å². The predicted molar refractivity (Wildman–Crippen MR) is 165 cm³/mol. The molecule has 2 aromatic carbocycles. The van der Waals surface area contributed by atoms with Crippen molar-refractivity contribution in [3.8, 4) is 34.3 Å². The molecule has 2 fully saturated rings. The highest BCUT2D eigenvalue weighted by Gasteiger charge is 2.53. The summed E-state index contributed by atoms with van der Waals surface area (Å²) in [7, 11) is 1.42. The maximum atomic E-state index is 13.5. The average Bonchev–Trinajstić information content (AvgIpc) is 3.39. The van der Waals surface area contributed by atoms with E-state index in [1.807, 2.05) is 27.7 Å². The number of imidazole rings is 1. The predicted octanol–water partition coefficient (Wildman–Crippen LogP) is 2.59. The van der Waals surface area contributed by atoms with Gasteiger partial charge in [-0.3, -0.25) is 19.1 Å². The van der Waals surface area contributed by atoms with Crippen LogP contribution in [-0.4, -0.2) is 67.7 Å². The Balaban J connectivity index is 1.05. The number of nitrogens with zero attached hydrogens (tertiary/aromatic N) is 8. The van der Waals surface area contributed by atoms with E-state index in [4.69, 9.17) is 20.4 Å². The molecule has 6 heterocycles. The average molecular weight is 604 g/mol. The number of benzene rings is 1. The van der Waals surface area contributed by atoms with E-state index in [1.54, 1.807) is 18.5 Å². The van der Waals surface area contributed by atoms with Crippen LogP contribution in [0.2, 0.25) is 0 Å². The summed E-state index contributed by atoms with van der Waals surface area (Å²) in [6.07, 6.45) is 4.38. The first-order chi connectivity index (χ1) is 21.8. The van der Waals surface area contributed by atoms with Gasteiger partial charge < -0.3 is 15.4 Å². The van der Waals surface area contributed by atoms with Gasteiger partial charge in [-0.25, -0.2) is 29.3 Å². The lowest BCUT2D eigenvalue weighted by Crippen LogP contribution is -2.73. The van der Waals surface area contributed by atoms with Crippen molar-refractivity contribution in [1.82, 2.24) is 34.4 Å². The van der Waals surface area contributed by atoms with Crippen LogP contribution in [0.15, 0.2) is 76.7 Å². The molecule has 2 aliphatic rings. The molecule has 0 atom stereocenters. The van der Waals surface area contributed by atoms with Crippen molar-refractivity contribution in [2.24, 2.45) is 5.41 Å². The Morgan fingerprint density at radius 1 is 0.933 bits per heavy atom. The number of ether oxygens (including phenoxy) is 1. The van der Waals surface area contributed by atoms with Gasteiger partial charge in [0.1, 0.15) is 28.5 Å². The van der Waals surface area contributed by atoms with E-state index in [-0.39, 0.29) is 11.2 Å². The summed E-state index contributed by atoms with van der Waals surface area (Å²) in [6, 6.07) is 14.7. The molecular weight excluding hydrogens is 577 g/mol. The molecule has 1 spiro atoms. The van der Waals surface area contributed by atoms with Crippen LogP contribution in [-0.2, 0) is 6.54 Å². The van der Waals surface area contributed by atoms with Gasteiger partial charge in [-0.15, -0.1) is 0 Å². The first kappa shape index (κ1) is 27.0. The Kier molecular flexibility index (Phi) is 6.00. The third-order valence-electron chi connectivity index (χ3n) is 8.57. The van der Waals surface area contributed by atoms with Crippen LogP contribution >= 0.6 is 0 Å². The lowest BCUT2D eigenvalue weighted by molar-refractivity contribution is -0.0276. The summed E-state index contributed by atoms with van der Waals surface area (Å²) in [5, 5.41) is 0. The maximum absolute atomic E-state index is 13.5. The maximum Gasteiger partial charge on any atom is 0.272 e. The fraction of sp³-hybridized carbons (Fsp3) is 0.219. The minimum atomic E-state index is -0.537. The molecular formula is C32H26FN9O3. The fourth-order valence-electron chi connectivity index (χ4n) is 6.52. The highest BCUT2D eigenvalue weighted by Crippen LogP contribution is 2.43. The zero-order valence-corrected chi connectivity index (χ0v) is 24.1. The van der Waals surface area contributed by atoms with E-state index >= 15 is 0 Å². The normalized spacial score (nSPS) is 15.8. The van der Waals surface area contributed by atoms with Crippen LogP contribution in [0.1, 0.15) is 5.56 Å². The number of likely N-dealkylation sites (tertiary alicyclic amines) is 1. The van der Waals surface area contributed by atoms with Gasteiger partial charge in [0, 0.05) is 50.0 Å². The molecule has 2 N–H and O–H groups in total. The molecule has 0 saturated carbocycles. The molecule has 0 bridgehead atoms. The molecule has 4 aromatic heterocycles. The largest absolute Gasteiger partial charge is 0.491 e. The SMILES string of the molecule is COc1c(N2CC3(CN(Cc4ccc(-n5c(-c6cccnc6N)nc6cnc(-c7ccc(F)cn7)nc65)cc4)C3)C2)c(=O)c1=O. The molecule has 45 heavy (non-hydrogen) atoms. The van der Waals surface area contributed by atoms with Crippen molar-refractivity contribution in [1.29, 1.82) is 0 Å². The Morgan fingerprint density at radius 2 is 1.73 bits per heavy atom. The molecule has 6 aromatic rings. The number of anilines is 2. The number of pyridine rings is 2. The van der Waals surface area contributed by atoms with Gasteiger partial charge in [0.2, 0.25) is 0 Å². The summed E-state index contributed by atoms with van der Waals surface area (Å²) < 4.78 is 20.5. The van der Waals surface area contributed by atoms with Gasteiger partial charge in [0.15, 0.2) is 23.0 Å². The Labute approximate surface area is 255 Å². The van der Waals surface area contributed by atoms with Gasteiger partial charge in [0.05, 0.1) is 25.1 Å². The zero-order valence-electron chi connectivity index (χ0n) is 24.1. The summed E-state index contributed by atoms with van der Waals surface area (Å²) >= 11 is 0. The molecule has 0 unspecified atom stereocenters. The highest BCUT2D eigenvalue weighted by molar-refractivity contribution is 5.83. The topological polar surface area (TPSA) is 145 Å². The van der Waals surface area contributed by atoms with Gasteiger partial charge in [0.25, 0.3) is 10.9 Å². The minimum absolute atomic E-state index is 0.135. The van der Waals surface area contributed by atoms with Gasteiger partial charge in [-0.1, -0.05) is 12.1 Å². The number of methoxy groups -OCH3 is 1. The first-order valence-corrected chi connectivity index (χ1v) is 14.3. The lowest BCUT2D eigenvalue weighted by atomic mass is 9.72. The number of fused-ring (bicyclic) bond motifs is 1. The molecule has 12 nitrogen and oxygen atoms in total. The second-order valence-electron chi connectivity index (χ2n) is 11.7. The summed E-state index contributed by atoms with van der Waals surface area (Å²) in [6.45, 7) is 4.10. The quantitative estimate of drug-likeness (QED) is 0.269. The van der Waals surface area contributed by atoms with Crippen LogP contribution in [0.5, 0.6) is 5.75 Å². The molecule has 0 radical (unpaired) electrons. The molecule has 0 aliphatic carbocycles. The first-order valence-electron chi connectivity index (χ1n) is 14.3. The summed E-state index contributed by atoms with van der Waals surface area (Å²) in [5.74, 6) is 0.988. The summed E-state index contributed by atoms with van der Waals surface area (Å²) in [4.78, 5) is 50.4. The van der Waals surface area contributed by atoms with Crippen molar-refractivity contribution in [2.45, 2.75) is 6.54 Å². The Bertz CT molecular complexity index is 2160. The van der Waals surface area contributed by atoms with Crippen LogP contribution in [0.25, 0.3) is 39.8 Å². The number of halogens is 1. The van der Waals surface area contributed by atoms with Crippen molar-refractivity contribution in [3.05, 3.63) is 98.9 Å². The number of hydrogen-bond donors (Lipinski definition) is 1. The number of rotatable bonds is 7. The minimum Gasteiger partial charge on any atom is -0.491 e. The molecule has 0 amide bonds. The van der Waals surface area contributed by atoms with E-state index < -0.39 is 16.7 Å². The second kappa shape index (κ2) is 9.99. The number of nitrogen functional groups attached to an aromatic ring is 1. The standard InChI is InChI=1S/C32H26FN9O3/c1-45-27-24(25(43)26(27)44)41-16-32(17-41)14-40(15-32)13-18-4-7-20(8-5-18)42-30(21-3-2-10-35-28(21)34)38-23-12-37-29(39-31(23)42)22-9-6-19(33)11-36-22/h2-12H,13-17H2,1H3,(H2,34,35). The van der Waals surface area contributed by atoms with E-state index in [1.165, 1.54) is 19.2 Å². The van der Waals surface area contributed by atoms with Crippen LogP contribution < -0.4 is 26.2 Å². The Morgan fingerprint density at radius 3 is 2.44 bits per heavy atom. The van der Waals surface area contributed by atoms with Gasteiger partial charge in [-0.2, -0.15) is 0 Å². The lowest BCUT2D eigenvalue weighted by Gasteiger charge is -2.61. The number of aromatic nitrogens is 6. The second-order valence-corrected chi connectivity index (χ2v) is 11.7. The van der Waals surface area contributed by atoms with Crippen LogP contribution in [0, 0.1) is 11.2 Å². The summed E-state index contributed by atoms with van der Waals surface area (Å²) in [5.41, 5.74) is 10.0. The smallest absolute Gasteiger partial charge is 0.272 e. The van der Waals surface area contributed by atoms with Crippen molar-refractivity contribution >= 4 is 22.7 Å². The third kappa shape index (κ3) is 4.34. The van der Waals surface area contributed by atoms with Gasteiger partial charge >= 0.3 is 0 Å². The molecule has 13 heteroatoms. The number of nitrogens with two attached hydrogens (primary N) is 1. The molecule has 2 aliphatic heterocycles. The zero-order chi connectivity index (χ0) is 30.9. The van der Waals surface area contributed by atoms with E-state index in [2.05, 4.69) is 32.0 Å². The van der Waals surface area contributed by atoms with Gasteiger partial charge in [-0.05, 0) is 42.0 Å². The fourth-order valence-corrected chi connectivity index (χ4v) is 6.52. The molecule has 8 rings (SSSR count). The van der Waals surface area contributed by atoms with Crippen molar-refractivity contribution in [2.75, 3.05) is 43.9 Å². The monoisotopic (exact) mass is 603 g/mol. The molecule has 2 saturated heterocycles. The van der Waals surface area contributed by atoms with Crippen molar-refractivity contribution < 1.29 is 9.13 Å². The number of hydrogen-bond acceptors (Lipinski definition) is 11. The van der Waals surface area contributed by atoms with E-state index in [0.29, 0.717) is 45.6 Å². The third-order valence-corrected chi connectivity index (χ3v) is 8.57.